The predicted octanol–water partition coefficient (Wildman–Crippen LogP) is 1.66. The van der Waals surface area contributed by atoms with Crippen molar-refractivity contribution in [3.63, 3.8) is 0 Å². The average molecular weight is 419 g/mol. The lowest BCUT2D eigenvalue weighted by molar-refractivity contribution is -0.148. The summed E-state index contributed by atoms with van der Waals surface area (Å²) in [4.78, 5) is 12.7. The Kier molecular flexibility index (Phi) is 6.38. The van der Waals surface area contributed by atoms with Crippen molar-refractivity contribution in [2.75, 3.05) is 6.61 Å². The number of sulfonamides is 1. The molecule has 0 aliphatic carbocycles. The molecule has 7 nitrogen and oxygen atoms in total. The quantitative estimate of drug-likeness (QED) is 0.690. The smallest absolute Gasteiger partial charge is 0.324 e. The fraction of sp³-hybridized carbons (Fsp3) is 0.381. The average Bonchev–Trinajstić information content (AvgIpc) is 2.72. The zero-order valence-corrected chi connectivity index (χ0v) is 17.3. The maximum atomic E-state index is 13.3. The number of carbonyl (C=O) groups excluding carboxylic acids is 1. The van der Waals surface area contributed by atoms with E-state index < -0.39 is 22.0 Å². The number of aryl methyl sites for hydroxylation is 1. The molecule has 2 aromatic carbocycles. The van der Waals surface area contributed by atoms with Crippen LogP contribution in [0.5, 0.6) is 0 Å². The number of nitrogens with zero attached hydrogens (tertiary/aromatic N) is 1. The summed E-state index contributed by atoms with van der Waals surface area (Å²) in [5, 5.41) is 19.1. The van der Waals surface area contributed by atoms with E-state index in [1.165, 1.54) is 12.1 Å². The van der Waals surface area contributed by atoms with Crippen molar-refractivity contribution < 1.29 is 28.2 Å². The molecule has 3 rings (SSSR count). The monoisotopic (exact) mass is 419 g/mol. The molecule has 1 atom stereocenters. The Bertz CT molecular complexity index is 1000. The van der Waals surface area contributed by atoms with Gasteiger partial charge >= 0.3 is 5.97 Å². The molecule has 1 aliphatic heterocycles. The molecule has 0 saturated carbocycles. The molecule has 156 valence electrons. The van der Waals surface area contributed by atoms with Gasteiger partial charge in [-0.2, -0.15) is 4.31 Å². The Morgan fingerprint density at radius 1 is 1.10 bits per heavy atom. The summed E-state index contributed by atoms with van der Waals surface area (Å²) < 4.78 is 33.0. The van der Waals surface area contributed by atoms with Crippen molar-refractivity contribution >= 4 is 16.0 Å². The standard InChI is InChI=1S/C21H25NO6S/c1-3-28-21(25)20-10-15-8-17(12-23)18(13-24)9-16(15)11-22(20)29(26,27)19-6-4-14(2)5-7-19/h4-9,20,23-24H,3,10-13H2,1-2H3. The van der Waals surface area contributed by atoms with Gasteiger partial charge in [0.05, 0.1) is 24.7 Å². The van der Waals surface area contributed by atoms with Crippen LogP contribution in [-0.4, -0.2) is 41.6 Å². The summed E-state index contributed by atoms with van der Waals surface area (Å²) >= 11 is 0. The van der Waals surface area contributed by atoms with Crippen LogP contribution in [-0.2, 0) is 45.7 Å². The van der Waals surface area contributed by atoms with Crippen LogP contribution in [0.25, 0.3) is 0 Å². The highest BCUT2D eigenvalue weighted by Crippen LogP contribution is 2.32. The van der Waals surface area contributed by atoms with Crippen LogP contribution >= 0.6 is 0 Å². The maximum absolute atomic E-state index is 13.3. The first kappa shape index (κ1) is 21.4. The number of hydrogen-bond donors (Lipinski definition) is 2. The number of hydrogen-bond acceptors (Lipinski definition) is 6. The molecular weight excluding hydrogens is 394 g/mol. The van der Waals surface area contributed by atoms with Gasteiger partial charge in [-0.15, -0.1) is 0 Å². The Balaban J connectivity index is 2.08. The molecule has 8 heteroatoms. The highest BCUT2D eigenvalue weighted by molar-refractivity contribution is 7.89. The second-order valence-electron chi connectivity index (χ2n) is 7.04. The normalized spacial score (nSPS) is 17.0. The first-order valence-corrected chi connectivity index (χ1v) is 10.9. The maximum Gasteiger partial charge on any atom is 0.324 e. The van der Waals surface area contributed by atoms with E-state index in [1.807, 2.05) is 6.92 Å². The largest absolute Gasteiger partial charge is 0.465 e. The fourth-order valence-corrected chi connectivity index (χ4v) is 5.10. The van der Waals surface area contributed by atoms with Gasteiger partial charge in [0.2, 0.25) is 10.0 Å². The minimum absolute atomic E-state index is 0.0201. The molecule has 2 N–H and O–H groups in total. The summed E-state index contributed by atoms with van der Waals surface area (Å²) in [6.45, 7) is 3.14. The van der Waals surface area contributed by atoms with E-state index in [1.54, 1.807) is 31.2 Å². The molecule has 1 heterocycles. The lowest BCUT2D eigenvalue weighted by Crippen LogP contribution is -2.49. The van der Waals surface area contributed by atoms with Crippen LogP contribution in [0.3, 0.4) is 0 Å². The summed E-state index contributed by atoms with van der Waals surface area (Å²) in [5.74, 6) is -0.606. The van der Waals surface area contributed by atoms with Gasteiger partial charge in [0, 0.05) is 13.0 Å². The molecule has 0 aromatic heterocycles. The molecule has 2 aromatic rings. The highest BCUT2D eigenvalue weighted by atomic mass is 32.2. The molecule has 0 saturated heterocycles. The van der Waals surface area contributed by atoms with Crippen LogP contribution in [0.1, 0.15) is 34.7 Å². The molecule has 0 spiro atoms. The number of rotatable bonds is 6. The van der Waals surface area contributed by atoms with E-state index in [9.17, 15) is 23.4 Å². The van der Waals surface area contributed by atoms with E-state index in [0.717, 1.165) is 15.4 Å². The van der Waals surface area contributed by atoms with E-state index in [2.05, 4.69) is 0 Å². The van der Waals surface area contributed by atoms with Crippen molar-refractivity contribution in [1.29, 1.82) is 0 Å². The van der Waals surface area contributed by atoms with E-state index in [-0.39, 0.29) is 37.7 Å². The number of esters is 1. The number of benzene rings is 2. The SMILES string of the molecule is CCOC(=O)C1Cc2cc(CO)c(CO)cc2CN1S(=O)(=O)c1ccc(C)cc1. The Labute approximate surface area is 170 Å². The number of fused-ring (bicyclic) bond motifs is 1. The van der Waals surface area contributed by atoms with Gasteiger partial charge in [-0.1, -0.05) is 29.8 Å². The summed E-state index contributed by atoms with van der Waals surface area (Å²) in [7, 11) is -3.95. The van der Waals surface area contributed by atoms with Gasteiger partial charge in [-0.3, -0.25) is 4.79 Å². The molecular formula is C21H25NO6S. The van der Waals surface area contributed by atoms with Gasteiger partial charge in [0.25, 0.3) is 0 Å². The van der Waals surface area contributed by atoms with Crippen LogP contribution in [0.4, 0.5) is 0 Å². The molecule has 0 radical (unpaired) electrons. The van der Waals surface area contributed by atoms with Crippen LogP contribution < -0.4 is 0 Å². The Morgan fingerprint density at radius 2 is 1.69 bits per heavy atom. The summed E-state index contributed by atoms with van der Waals surface area (Å²) in [6.07, 6.45) is 0.137. The van der Waals surface area contributed by atoms with Gasteiger partial charge < -0.3 is 14.9 Å². The van der Waals surface area contributed by atoms with E-state index in [0.29, 0.717) is 16.7 Å². The van der Waals surface area contributed by atoms with Crippen molar-refractivity contribution in [3.05, 3.63) is 64.2 Å². The van der Waals surface area contributed by atoms with Crippen molar-refractivity contribution in [3.8, 4) is 0 Å². The van der Waals surface area contributed by atoms with Crippen LogP contribution in [0.2, 0.25) is 0 Å². The second kappa shape index (κ2) is 8.62. The van der Waals surface area contributed by atoms with Crippen LogP contribution in [0.15, 0.2) is 41.3 Å². The van der Waals surface area contributed by atoms with Gasteiger partial charge in [0.15, 0.2) is 0 Å². The number of carbonyl (C=O) groups is 1. The lowest BCUT2D eigenvalue weighted by Gasteiger charge is -2.35. The number of aliphatic hydroxyl groups excluding tert-OH is 2. The third-order valence-electron chi connectivity index (χ3n) is 5.14. The van der Waals surface area contributed by atoms with E-state index >= 15 is 0 Å². The summed E-state index contributed by atoms with van der Waals surface area (Å²) in [6, 6.07) is 8.89. The molecule has 0 amide bonds. The second-order valence-corrected chi connectivity index (χ2v) is 8.93. The minimum atomic E-state index is -3.95. The van der Waals surface area contributed by atoms with Gasteiger partial charge in [-0.25, -0.2) is 8.42 Å². The van der Waals surface area contributed by atoms with Crippen molar-refractivity contribution in [1.82, 2.24) is 4.31 Å². The van der Waals surface area contributed by atoms with Crippen molar-refractivity contribution in [2.24, 2.45) is 0 Å². The Morgan fingerprint density at radius 3 is 2.24 bits per heavy atom. The molecule has 0 fully saturated rings. The highest BCUT2D eigenvalue weighted by Gasteiger charge is 2.40. The topological polar surface area (TPSA) is 104 Å². The predicted molar refractivity (Wildman–Crippen MR) is 106 cm³/mol. The molecule has 1 aliphatic rings. The minimum Gasteiger partial charge on any atom is -0.465 e. The van der Waals surface area contributed by atoms with E-state index in [4.69, 9.17) is 4.74 Å². The molecule has 0 bridgehead atoms. The fourth-order valence-electron chi connectivity index (χ4n) is 3.55. The first-order chi connectivity index (χ1) is 13.8. The zero-order chi connectivity index (χ0) is 21.2. The molecule has 1 unspecified atom stereocenters. The summed E-state index contributed by atoms with van der Waals surface area (Å²) in [5.41, 5.74) is 3.48. The van der Waals surface area contributed by atoms with Crippen molar-refractivity contribution in [2.45, 2.75) is 51.0 Å². The Hall–Kier alpha value is -2.26. The van der Waals surface area contributed by atoms with Gasteiger partial charge in [0.1, 0.15) is 6.04 Å². The third-order valence-corrected chi connectivity index (χ3v) is 7.00. The lowest BCUT2D eigenvalue weighted by atomic mass is 9.91. The zero-order valence-electron chi connectivity index (χ0n) is 16.5. The van der Waals surface area contributed by atoms with Crippen LogP contribution in [0, 0.1) is 6.92 Å². The first-order valence-electron chi connectivity index (χ1n) is 9.42. The number of aliphatic hydroxyl groups is 2. The molecule has 29 heavy (non-hydrogen) atoms. The number of ether oxygens (including phenoxy) is 1. The third kappa shape index (κ3) is 4.20. The van der Waals surface area contributed by atoms with Gasteiger partial charge in [-0.05, 0) is 48.2 Å².